The van der Waals surface area contributed by atoms with E-state index in [0.29, 0.717) is 15.6 Å². The van der Waals surface area contributed by atoms with E-state index in [1.807, 2.05) is 20.8 Å². The number of nitrogens with one attached hydrogen (secondary N) is 1. The number of rotatable bonds is 2. The van der Waals surface area contributed by atoms with Gasteiger partial charge in [0.25, 0.3) is 5.91 Å². The maximum absolute atomic E-state index is 11.7. The third-order valence-electron chi connectivity index (χ3n) is 1.63. The fourth-order valence-electron chi connectivity index (χ4n) is 0.928. The zero-order valence-electron chi connectivity index (χ0n) is 9.30. The molecule has 0 saturated heterocycles. The first kappa shape index (κ1) is 13.3. The predicted octanol–water partition coefficient (Wildman–Crippen LogP) is 3.45. The zero-order valence-corrected chi connectivity index (χ0v) is 10.8. The normalized spacial score (nSPS) is 11.3. The molecule has 0 radical (unpaired) electrons. The van der Waals surface area contributed by atoms with Crippen molar-refractivity contribution in [2.24, 2.45) is 0 Å². The Hall–Kier alpha value is -0.770. The topological polar surface area (TPSA) is 38.3 Å². The predicted molar refractivity (Wildman–Crippen MR) is 64.8 cm³/mol. The molecule has 0 saturated carbocycles. The Morgan fingerprint density at radius 3 is 2.44 bits per heavy atom. The van der Waals surface area contributed by atoms with Gasteiger partial charge in [0.1, 0.15) is 0 Å². The van der Waals surface area contributed by atoms with Gasteiger partial charge in [0.05, 0.1) is 16.2 Å². The van der Waals surface area contributed by atoms with E-state index in [2.05, 4.69) is 5.48 Å². The quantitative estimate of drug-likeness (QED) is 0.829. The molecule has 1 rings (SSSR count). The molecule has 1 amide bonds. The van der Waals surface area contributed by atoms with Gasteiger partial charge in [0, 0.05) is 5.02 Å². The summed E-state index contributed by atoms with van der Waals surface area (Å²) < 4.78 is 0. The van der Waals surface area contributed by atoms with Gasteiger partial charge in [0.2, 0.25) is 0 Å². The third-order valence-corrected chi connectivity index (χ3v) is 2.17. The molecule has 0 aromatic heterocycles. The van der Waals surface area contributed by atoms with E-state index in [-0.39, 0.29) is 0 Å². The lowest BCUT2D eigenvalue weighted by Gasteiger charge is -2.19. The van der Waals surface area contributed by atoms with Crippen molar-refractivity contribution in [1.82, 2.24) is 5.48 Å². The van der Waals surface area contributed by atoms with Gasteiger partial charge in [0.15, 0.2) is 0 Å². The molecule has 0 aliphatic heterocycles. The maximum Gasteiger partial charge on any atom is 0.276 e. The Kier molecular flexibility index (Phi) is 4.19. The Labute approximate surface area is 105 Å². The van der Waals surface area contributed by atoms with Crippen LogP contribution in [-0.4, -0.2) is 11.5 Å². The summed E-state index contributed by atoms with van der Waals surface area (Å²) in [7, 11) is 0. The van der Waals surface area contributed by atoms with Crippen molar-refractivity contribution in [3.63, 3.8) is 0 Å². The fraction of sp³-hybridized carbons (Fsp3) is 0.364. The molecule has 0 aliphatic carbocycles. The highest BCUT2D eigenvalue weighted by Crippen LogP contribution is 2.21. The van der Waals surface area contributed by atoms with E-state index >= 15 is 0 Å². The second-order valence-corrected chi connectivity index (χ2v) is 5.11. The number of amides is 1. The van der Waals surface area contributed by atoms with E-state index in [1.54, 1.807) is 12.1 Å². The van der Waals surface area contributed by atoms with Gasteiger partial charge in [-0.25, -0.2) is 5.48 Å². The van der Waals surface area contributed by atoms with Gasteiger partial charge >= 0.3 is 0 Å². The van der Waals surface area contributed by atoms with Crippen LogP contribution in [0.15, 0.2) is 18.2 Å². The van der Waals surface area contributed by atoms with Crippen LogP contribution in [0.1, 0.15) is 31.1 Å². The largest absolute Gasteiger partial charge is 0.276 e. The molecule has 5 heteroatoms. The Bertz CT molecular complexity index is 399. The lowest BCUT2D eigenvalue weighted by atomic mass is 10.2. The van der Waals surface area contributed by atoms with Gasteiger partial charge in [-0.1, -0.05) is 23.2 Å². The van der Waals surface area contributed by atoms with Crippen LogP contribution in [0, 0.1) is 0 Å². The van der Waals surface area contributed by atoms with Gasteiger partial charge in [-0.15, -0.1) is 0 Å². The molecule has 0 spiro atoms. The third kappa shape index (κ3) is 4.00. The van der Waals surface area contributed by atoms with Crippen molar-refractivity contribution in [1.29, 1.82) is 0 Å². The Morgan fingerprint density at radius 2 is 1.94 bits per heavy atom. The van der Waals surface area contributed by atoms with Crippen molar-refractivity contribution in [3.05, 3.63) is 33.8 Å². The molecule has 0 fully saturated rings. The van der Waals surface area contributed by atoms with Crippen LogP contribution in [0.4, 0.5) is 0 Å². The highest BCUT2D eigenvalue weighted by molar-refractivity contribution is 6.36. The highest BCUT2D eigenvalue weighted by Gasteiger charge is 2.15. The standard InChI is InChI=1S/C11H13Cl2NO2/c1-11(2,3)16-14-10(15)8-5-4-7(12)6-9(8)13/h4-6H,1-3H3,(H,14,15). The van der Waals surface area contributed by atoms with Crippen molar-refractivity contribution in [3.8, 4) is 0 Å². The molecule has 0 bridgehead atoms. The van der Waals surface area contributed by atoms with E-state index in [0.717, 1.165) is 0 Å². The first-order valence-corrected chi connectivity index (χ1v) is 5.48. The SMILES string of the molecule is CC(C)(C)ONC(=O)c1ccc(Cl)cc1Cl. The molecule has 0 atom stereocenters. The van der Waals surface area contributed by atoms with Crippen LogP contribution in [-0.2, 0) is 4.84 Å². The number of hydroxylamine groups is 1. The minimum Gasteiger partial charge on any atom is -0.268 e. The minimum absolute atomic E-state index is 0.294. The van der Waals surface area contributed by atoms with Crippen LogP contribution < -0.4 is 5.48 Å². The van der Waals surface area contributed by atoms with E-state index in [1.165, 1.54) is 6.07 Å². The number of halogens is 2. The van der Waals surface area contributed by atoms with Gasteiger partial charge in [-0.05, 0) is 39.0 Å². The van der Waals surface area contributed by atoms with Crippen molar-refractivity contribution >= 4 is 29.1 Å². The summed E-state index contributed by atoms with van der Waals surface area (Å²) in [5, 5.41) is 0.779. The molecule has 0 unspecified atom stereocenters. The number of benzene rings is 1. The average Bonchev–Trinajstić information content (AvgIpc) is 2.13. The summed E-state index contributed by atoms with van der Waals surface area (Å²) >= 11 is 11.6. The average molecular weight is 262 g/mol. The molecular weight excluding hydrogens is 249 g/mol. The van der Waals surface area contributed by atoms with Crippen LogP contribution in [0.3, 0.4) is 0 Å². The van der Waals surface area contributed by atoms with Crippen LogP contribution in [0.25, 0.3) is 0 Å². The molecule has 1 N–H and O–H groups in total. The van der Waals surface area contributed by atoms with Crippen LogP contribution in [0.5, 0.6) is 0 Å². The lowest BCUT2D eigenvalue weighted by molar-refractivity contribution is -0.0589. The summed E-state index contributed by atoms with van der Waals surface area (Å²) in [6.45, 7) is 5.49. The maximum atomic E-state index is 11.7. The summed E-state index contributed by atoms with van der Waals surface area (Å²) in [6, 6.07) is 4.65. The molecular formula is C11H13Cl2NO2. The lowest BCUT2D eigenvalue weighted by Crippen LogP contribution is -2.33. The molecule has 16 heavy (non-hydrogen) atoms. The van der Waals surface area contributed by atoms with Gasteiger partial charge in [-0.3, -0.25) is 9.63 Å². The first-order valence-electron chi connectivity index (χ1n) is 4.73. The summed E-state index contributed by atoms with van der Waals surface area (Å²) in [4.78, 5) is 16.8. The number of carbonyl (C=O) groups is 1. The van der Waals surface area contributed by atoms with E-state index in [4.69, 9.17) is 28.0 Å². The smallest absolute Gasteiger partial charge is 0.268 e. The van der Waals surface area contributed by atoms with Crippen molar-refractivity contribution < 1.29 is 9.63 Å². The second-order valence-electron chi connectivity index (χ2n) is 4.27. The van der Waals surface area contributed by atoms with Gasteiger partial charge < -0.3 is 0 Å². The van der Waals surface area contributed by atoms with Crippen molar-refractivity contribution in [2.45, 2.75) is 26.4 Å². The van der Waals surface area contributed by atoms with E-state index in [9.17, 15) is 4.79 Å². The Morgan fingerprint density at radius 1 is 1.31 bits per heavy atom. The van der Waals surface area contributed by atoms with Crippen molar-refractivity contribution in [2.75, 3.05) is 0 Å². The highest BCUT2D eigenvalue weighted by atomic mass is 35.5. The van der Waals surface area contributed by atoms with Gasteiger partial charge in [-0.2, -0.15) is 0 Å². The number of hydrogen-bond donors (Lipinski definition) is 1. The van der Waals surface area contributed by atoms with Crippen LogP contribution >= 0.6 is 23.2 Å². The van der Waals surface area contributed by atoms with Crippen LogP contribution in [0.2, 0.25) is 10.0 Å². The fourth-order valence-corrected chi connectivity index (χ4v) is 1.42. The number of hydrogen-bond acceptors (Lipinski definition) is 2. The molecule has 0 aliphatic rings. The molecule has 3 nitrogen and oxygen atoms in total. The minimum atomic E-state index is -0.450. The molecule has 1 aromatic carbocycles. The Balaban J connectivity index is 2.74. The first-order chi connectivity index (χ1) is 7.29. The summed E-state index contributed by atoms with van der Waals surface area (Å²) in [5.74, 6) is -0.392. The molecule has 88 valence electrons. The monoisotopic (exact) mass is 261 g/mol. The summed E-state index contributed by atoms with van der Waals surface area (Å²) in [6.07, 6.45) is 0. The van der Waals surface area contributed by atoms with E-state index < -0.39 is 11.5 Å². The molecule has 1 aromatic rings. The summed E-state index contributed by atoms with van der Waals surface area (Å²) in [5.41, 5.74) is 2.21. The zero-order chi connectivity index (χ0) is 12.3. The second kappa shape index (κ2) is 5.04. The molecule has 0 heterocycles. The number of carbonyl (C=O) groups excluding carboxylic acids is 1.